The van der Waals surface area contributed by atoms with Gasteiger partial charge >= 0.3 is 0 Å². The van der Waals surface area contributed by atoms with Gasteiger partial charge in [-0.05, 0) is 62.2 Å². The van der Waals surface area contributed by atoms with Gasteiger partial charge in [0, 0.05) is 11.1 Å². The van der Waals surface area contributed by atoms with E-state index in [0.29, 0.717) is 11.3 Å². The van der Waals surface area contributed by atoms with E-state index in [1.54, 1.807) is 42.5 Å². The number of rotatable bonds is 7. The summed E-state index contributed by atoms with van der Waals surface area (Å²) in [4.78, 5) is 12.7. The van der Waals surface area contributed by atoms with Crippen molar-refractivity contribution in [2.24, 2.45) is 0 Å². The molecule has 0 aromatic heterocycles. The van der Waals surface area contributed by atoms with Crippen LogP contribution in [0.3, 0.4) is 0 Å². The molecule has 0 aliphatic rings. The fourth-order valence-corrected chi connectivity index (χ4v) is 4.51. The Hall–Kier alpha value is -3.19. The van der Waals surface area contributed by atoms with Gasteiger partial charge in [0.25, 0.3) is 5.91 Å². The zero-order valence-corrected chi connectivity index (χ0v) is 19.4. The number of carbonyl (C=O) groups excluding carboxylic acids is 1. The van der Waals surface area contributed by atoms with E-state index >= 15 is 0 Å². The molecular weight excluding hydrogens is 427 g/mol. The summed E-state index contributed by atoms with van der Waals surface area (Å²) in [5.41, 5.74) is 4.33. The fraction of sp³-hybridized carbons (Fsp3) is 0.240. The molecule has 7 heteroatoms. The topological polar surface area (TPSA) is 66.5 Å². The first-order valence-corrected chi connectivity index (χ1v) is 12.1. The maximum absolute atomic E-state index is 14.1. The van der Waals surface area contributed by atoms with Gasteiger partial charge < -0.3 is 5.32 Å². The third-order valence-corrected chi connectivity index (χ3v) is 6.47. The van der Waals surface area contributed by atoms with E-state index in [1.165, 1.54) is 6.07 Å². The third-order valence-electron chi connectivity index (χ3n) is 5.33. The van der Waals surface area contributed by atoms with Crippen molar-refractivity contribution in [2.45, 2.75) is 33.4 Å². The molecule has 3 aromatic rings. The van der Waals surface area contributed by atoms with Crippen molar-refractivity contribution in [3.63, 3.8) is 0 Å². The van der Waals surface area contributed by atoms with Crippen molar-refractivity contribution >= 4 is 21.6 Å². The zero-order valence-electron chi connectivity index (χ0n) is 18.6. The summed E-state index contributed by atoms with van der Waals surface area (Å²) >= 11 is 0. The largest absolute Gasteiger partial charge is 0.346 e. The molecule has 0 heterocycles. The minimum absolute atomic E-state index is 0.138. The number of anilines is 1. The van der Waals surface area contributed by atoms with Crippen molar-refractivity contribution in [1.82, 2.24) is 5.32 Å². The molecule has 0 fully saturated rings. The molecule has 1 N–H and O–H groups in total. The number of hydrogen-bond donors (Lipinski definition) is 1. The van der Waals surface area contributed by atoms with Crippen LogP contribution in [-0.4, -0.2) is 20.6 Å². The lowest BCUT2D eigenvalue weighted by atomic mass is 10.00. The van der Waals surface area contributed by atoms with Gasteiger partial charge in [-0.3, -0.25) is 9.10 Å². The predicted octanol–water partition coefficient (Wildman–Crippen LogP) is 4.90. The second-order valence-corrected chi connectivity index (χ2v) is 9.87. The standard InChI is InChI=1S/C25H27FN2O3S/c1-17-9-14-23(18(2)15-17)19(3)27-25(29)20-10-12-22(13-11-20)28(32(4,30)31)16-21-7-5-6-8-24(21)26/h5-15,19H,16H2,1-4H3,(H,27,29). The van der Waals surface area contributed by atoms with Crippen LogP contribution in [0, 0.1) is 19.7 Å². The first kappa shape index (κ1) is 23.5. The van der Waals surface area contributed by atoms with E-state index in [2.05, 4.69) is 11.4 Å². The molecule has 0 saturated heterocycles. The summed E-state index contributed by atoms with van der Waals surface area (Å²) in [5, 5.41) is 2.98. The highest BCUT2D eigenvalue weighted by Crippen LogP contribution is 2.23. The minimum Gasteiger partial charge on any atom is -0.346 e. The van der Waals surface area contributed by atoms with Gasteiger partial charge in [-0.2, -0.15) is 0 Å². The summed E-state index contributed by atoms with van der Waals surface area (Å²) < 4.78 is 39.9. The molecule has 1 atom stereocenters. The number of sulfonamides is 1. The maximum Gasteiger partial charge on any atom is 0.251 e. The molecule has 0 aliphatic carbocycles. The van der Waals surface area contributed by atoms with Crippen LogP contribution in [0.4, 0.5) is 10.1 Å². The second kappa shape index (κ2) is 9.53. The number of carbonyl (C=O) groups is 1. The molecular formula is C25H27FN2O3S. The minimum atomic E-state index is -3.66. The van der Waals surface area contributed by atoms with Gasteiger partial charge in [-0.25, -0.2) is 12.8 Å². The van der Waals surface area contributed by atoms with E-state index in [0.717, 1.165) is 27.3 Å². The SMILES string of the molecule is Cc1ccc(C(C)NC(=O)c2ccc(N(Cc3ccccc3F)S(C)(=O)=O)cc2)c(C)c1. The zero-order chi connectivity index (χ0) is 23.5. The van der Waals surface area contributed by atoms with E-state index in [1.807, 2.05) is 32.9 Å². The maximum atomic E-state index is 14.1. The van der Waals surface area contributed by atoms with Crippen LogP contribution in [-0.2, 0) is 16.6 Å². The van der Waals surface area contributed by atoms with Crippen LogP contribution in [0.15, 0.2) is 66.7 Å². The van der Waals surface area contributed by atoms with Crippen LogP contribution in [0.2, 0.25) is 0 Å². The molecule has 0 aliphatic heterocycles. The fourth-order valence-electron chi connectivity index (χ4n) is 3.63. The molecule has 0 saturated carbocycles. The molecule has 1 unspecified atom stereocenters. The number of amides is 1. The molecule has 3 rings (SSSR count). The van der Waals surface area contributed by atoms with Gasteiger partial charge in [-0.1, -0.05) is 42.0 Å². The third kappa shape index (κ3) is 5.53. The Balaban J connectivity index is 1.78. The summed E-state index contributed by atoms with van der Waals surface area (Å²) in [7, 11) is -3.66. The number of halogens is 1. The smallest absolute Gasteiger partial charge is 0.251 e. The Morgan fingerprint density at radius 1 is 1.03 bits per heavy atom. The molecule has 5 nitrogen and oxygen atoms in total. The Bertz CT molecular complexity index is 1220. The monoisotopic (exact) mass is 454 g/mol. The van der Waals surface area contributed by atoms with Crippen molar-refractivity contribution in [3.05, 3.63) is 100 Å². The second-order valence-electron chi connectivity index (χ2n) is 7.96. The van der Waals surface area contributed by atoms with Crippen molar-refractivity contribution in [1.29, 1.82) is 0 Å². The molecule has 32 heavy (non-hydrogen) atoms. The lowest BCUT2D eigenvalue weighted by Gasteiger charge is -2.23. The summed E-state index contributed by atoms with van der Waals surface area (Å²) in [6.45, 7) is 5.81. The summed E-state index contributed by atoms with van der Waals surface area (Å²) in [5.74, 6) is -0.735. The Kier molecular flexibility index (Phi) is 6.99. The Morgan fingerprint density at radius 2 is 1.69 bits per heavy atom. The van der Waals surface area contributed by atoms with Gasteiger partial charge in [0.2, 0.25) is 10.0 Å². The highest BCUT2D eigenvalue weighted by atomic mass is 32.2. The predicted molar refractivity (Wildman–Crippen MR) is 126 cm³/mol. The number of hydrogen-bond acceptors (Lipinski definition) is 3. The number of aryl methyl sites for hydroxylation is 2. The van der Waals surface area contributed by atoms with Crippen LogP contribution >= 0.6 is 0 Å². The molecule has 0 bridgehead atoms. The highest BCUT2D eigenvalue weighted by molar-refractivity contribution is 7.92. The van der Waals surface area contributed by atoms with Gasteiger partial charge in [0.1, 0.15) is 5.82 Å². The number of nitrogens with one attached hydrogen (secondary N) is 1. The van der Waals surface area contributed by atoms with Crippen LogP contribution in [0.1, 0.15) is 45.6 Å². The van der Waals surface area contributed by atoms with Gasteiger partial charge in [-0.15, -0.1) is 0 Å². The molecule has 0 spiro atoms. The van der Waals surface area contributed by atoms with E-state index < -0.39 is 15.8 Å². The van der Waals surface area contributed by atoms with Crippen molar-refractivity contribution in [3.8, 4) is 0 Å². The quantitative estimate of drug-likeness (QED) is 0.552. The Labute approximate surface area is 188 Å². The van der Waals surface area contributed by atoms with Gasteiger partial charge in [0.15, 0.2) is 0 Å². The van der Waals surface area contributed by atoms with E-state index in [-0.39, 0.29) is 24.1 Å². The van der Waals surface area contributed by atoms with Crippen LogP contribution < -0.4 is 9.62 Å². The highest BCUT2D eigenvalue weighted by Gasteiger charge is 2.20. The number of nitrogens with zero attached hydrogens (tertiary/aromatic N) is 1. The van der Waals surface area contributed by atoms with Crippen LogP contribution in [0.25, 0.3) is 0 Å². The molecule has 0 radical (unpaired) electrons. The molecule has 168 valence electrons. The lowest BCUT2D eigenvalue weighted by Crippen LogP contribution is -2.30. The van der Waals surface area contributed by atoms with Crippen molar-refractivity contribution in [2.75, 3.05) is 10.6 Å². The lowest BCUT2D eigenvalue weighted by molar-refractivity contribution is 0.0940. The van der Waals surface area contributed by atoms with E-state index in [9.17, 15) is 17.6 Å². The Morgan fingerprint density at radius 3 is 2.28 bits per heavy atom. The first-order chi connectivity index (χ1) is 15.1. The van der Waals surface area contributed by atoms with E-state index in [4.69, 9.17) is 0 Å². The molecule has 1 amide bonds. The van der Waals surface area contributed by atoms with Crippen LogP contribution in [0.5, 0.6) is 0 Å². The summed E-state index contributed by atoms with van der Waals surface area (Å²) in [6.07, 6.45) is 1.07. The normalized spacial score (nSPS) is 12.3. The summed E-state index contributed by atoms with van der Waals surface area (Å²) in [6, 6.07) is 18.2. The number of benzene rings is 3. The molecule has 3 aromatic carbocycles. The first-order valence-electron chi connectivity index (χ1n) is 10.3. The van der Waals surface area contributed by atoms with Gasteiger partial charge in [0.05, 0.1) is 24.5 Å². The van der Waals surface area contributed by atoms with Crippen molar-refractivity contribution < 1.29 is 17.6 Å². The average Bonchev–Trinajstić information content (AvgIpc) is 2.72. The average molecular weight is 455 g/mol.